The predicted molar refractivity (Wildman–Crippen MR) is 68.5 cm³/mol. The number of H-pyrrole nitrogens is 1. The molecule has 0 spiro atoms. The van der Waals surface area contributed by atoms with Gasteiger partial charge in [-0.3, -0.25) is 0 Å². The minimum Gasteiger partial charge on any atom is -0.335 e. The average Bonchev–Trinajstić information content (AvgIpc) is 2.84. The molecule has 0 aliphatic carbocycles. The van der Waals surface area contributed by atoms with E-state index in [1.165, 1.54) is 12.5 Å². The van der Waals surface area contributed by atoms with Gasteiger partial charge in [-0.15, -0.1) is 0 Å². The Hall–Kier alpha value is -0.400. The third-order valence-corrected chi connectivity index (χ3v) is 5.34. The van der Waals surface area contributed by atoms with Crippen LogP contribution in [0.2, 0.25) is 0 Å². The van der Waals surface area contributed by atoms with Gasteiger partial charge in [0.25, 0.3) is 10.0 Å². The summed E-state index contributed by atoms with van der Waals surface area (Å²) >= 11 is 3.41. The van der Waals surface area contributed by atoms with Crippen LogP contribution in [0.4, 0.5) is 0 Å². The number of sulfonamides is 1. The Balaban J connectivity index is 2.12. The number of nitrogens with zero attached hydrogens (tertiary/aromatic N) is 2. The number of aromatic nitrogens is 2. The summed E-state index contributed by atoms with van der Waals surface area (Å²) in [6.45, 7) is 1.23. The molecule has 0 bridgehead atoms. The lowest BCUT2D eigenvalue weighted by Crippen LogP contribution is -2.40. The van der Waals surface area contributed by atoms with Gasteiger partial charge < -0.3 is 4.98 Å². The Labute approximate surface area is 110 Å². The van der Waals surface area contributed by atoms with Gasteiger partial charge in [-0.25, -0.2) is 13.4 Å². The van der Waals surface area contributed by atoms with E-state index in [9.17, 15) is 8.42 Å². The highest BCUT2D eigenvalue weighted by atomic mass is 79.9. The molecule has 1 aliphatic heterocycles. The molecule has 1 unspecified atom stereocenters. The average molecular weight is 322 g/mol. The molecule has 1 N–H and O–H groups in total. The fourth-order valence-corrected chi connectivity index (χ4v) is 4.26. The number of alkyl halides is 1. The second kappa shape index (κ2) is 5.49. The van der Waals surface area contributed by atoms with E-state index >= 15 is 0 Å². The third kappa shape index (κ3) is 2.89. The predicted octanol–water partition coefficient (Wildman–Crippen LogP) is 1.60. The number of halogens is 1. The number of nitrogens with one attached hydrogen (secondary N) is 1. The first kappa shape index (κ1) is 13.0. The van der Waals surface area contributed by atoms with Crippen LogP contribution < -0.4 is 0 Å². The SMILES string of the molecule is O=S(=O)(c1cnc[nH]1)N1CCCC(CCBr)C1. The molecule has 17 heavy (non-hydrogen) atoms. The normalized spacial score (nSPS) is 22.8. The Morgan fingerprint density at radius 3 is 3.06 bits per heavy atom. The van der Waals surface area contributed by atoms with Gasteiger partial charge in [0.2, 0.25) is 0 Å². The lowest BCUT2D eigenvalue weighted by atomic mass is 9.97. The highest BCUT2D eigenvalue weighted by Gasteiger charge is 2.30. The summed E-state index contributed by atoms with van der Waals surface area (Å²) in [6.07, 6.45) is 5.83. The van der Waals surface area contributed by atoms with Crippen LogP contribution in [-0.4, -0.2) is 41.1 Å². The molecular weight excluding hydrogens is 306 g/mol. The minimum absolute atomic E-state index is 0.192. The van der Waals surface area contributed by atoms with Crippen LogP contribution in [-0.2, 0) is 10.0 Å². The van der Waals surface area contributed by atoms with Crippen molar-refractivity contribution in [3.05, 3.63) is 12.5 Å². The van der Waals surface area contributed by atoms with E-state index in [1.54, 1.807) is 4.31 Å². The molecule has 2 heterocycles. The number of hydrogen-bond donors (Lipinski definition) is 1. The summed E-state index contributed by atoms with van der Waals surface area (Å²) < 4.78 is 26.0. The zero-order valence-corrected chi connectivity index (χ0v) is 11.9. The summed E-state index contributed by atoms with van der Waals surface area (Å²) in [5, 5.41) is 1.12. The van der Waals surface area contributed by atoms with Crippen molar-refractivity contribution >= 4 is 26.0 Å². The number of aromatic amines is 1. The number of rotatable bonds is 4. The topological polar surface area (TPSA) is 66.1 Å². The molecule has 1 atom stereocenters. The van der Waals surface area contributed by atoms with Crippen LogP contribution >= 0.6 is 15.9 Å². The number of piperidine rings is 1. The third-order valence-electron chi connectivity index (χ3n) is 3.09. The van der Waals surface area contributed by atoms with Crippen molar-refractivity contribution in [2.45, 2.75) is 24.3 Å². The van der Waals surface area contributed by atoms with Gasteiger partial charge in [-0.05, 0) is 25.2 Å². The Kier molecular flexibility index (Phi) is 4.22. The molecule has 96 valence electrons. The van der Waals surface area contributed by atoms with Gasteiger partial charge in [-0.1, -0.05) is 15.9 Å². The highest BCUT2D eigenvalue weighted by molar-refractivity contribution is 9.09. The number of imidazole rings is 1. The van der Waals surface area contributed by atoms with Crippen molar-refractivity contribution in [3.8, 4) is 0 Å². The van der Waals surface area contributed by atoms with Crippen molar-refractivity contribution in [1.82, 2.24) is 14.3 Å². The molecule has 1 aliphatic rings. The van der Waals surface area contributed by atoms with E-state index in [2.05, 4.69) is 25.9 Å². The Morgan fingerprint density at radius 1 is 1.59 bits per heavy atom. The van der Waals surface area contributed by atoms with Crippen LogP contribution in [0.15, 0.2) is 17.6 Å². The van der Waals surface area contributed by atoms with Crippen molar-refractivity contribution in [2.24, 2.45) is 5.92 Å². The van der Waals surface area contributed by atoms with Crippen LogP contribution in [0.3, 0.4) is 0 Å². The maximum Gasteiger partial charge on any atom is 0.260 e. The molecule has 2 rings (SSSR count). The van der Waals surface area contributed by atoms with Crippen LogP contribution in [0, 0.1) is 5.92 Å². The van der Waals surface area contributed by atoms with Gasteiger partial charge in [0.15, 0.2) is 5.03 Å². The minimum atomic E-state index is -3.37. The van der Waals surface area contributed by atoms with Gasteiger partial charge in [0, 0.05) is 18.4 Å². The lowest BCUT2D eigenvalue weighted by molar-refractivity contribution is 0.262. The van der Waals surface area contributed by atoms with Crippen molar-refractivity contribution in [1.29, 1.82) is 0 Å². The molecule has 1 aromatic heterocycles. The molecule has 7 heteroatoms. The lowest BCUT2D eigenvalue weighted by Gasteiger charge is -2.31. The second-order valence-electron chi connectivity index (χ2n) is 4.26. The monoisotopic (exact) mass is 321 g/mol. The Morgan fingerprint density at radius 2 is 2.41 bits per heavy atom. The molecule has 0 saturated carbocycles. The zero-order chi connectivity index (χ0) is 12.3. The maximum atomic E-state index is 12.2. The van der Waals surface area contributed by atoms with Crippen LogP contribution in [0.1, 0.15) is 19.3 Å². The second-order valence-corrected chi connectivity index (χ2v) is 6.96. The van der Waals surface area contributed by atoms with Gasteiger partial charge in [-0.2, -0.15) is 4.31 Å². The summed E-state index contributed by atoms with van der Waals surface area (Å²) in [5.41, 5.74) is 0. The summed E-state index contributed by atoms with van der Waals surface area (Å²) in [5.74, 6) is 0.459. The molecular formula is C10H16BrN3O2S. The standard InChI is InChI=1S/C10H16BrN3O2S/c11-4-3-9-2-1-5-14(7-9)17(15,16)10-6-12-8-13-10/h6,8-9H,1-5,7H2,(H,12,13). The molecule has 0 radical (unpaired) electrons. The van der Waals surface area contributed by atoms with Crippen molar-refractivity contribution < 1.29 is 8.42 Å². The molecule has 1 aromatic rings. The summed E-state index contributed by atoms with van der Waals surface area (Å²) in [4.78, 5) is 6.44. The zero-order valence-electron chi connectivity index (χ0n) is 9.47. The highest BCUT2D eigenvalue weighted by Crippen LogP contribution is 2.24. The Bertz CT molecular complexity index is 444. The molecule has 1 fully saturated rings. The fraction of sp³-hybridized carbons (Fsp3) is 0.700. The van der Waals surface area contributed by atoms with E-state index in [0.29, 0.717) is 19.0 Å². The first-order chi connectivity index (χ1) is 8.14. The van der Waals surface area contributed by atoms with Gasteiger partial charge in [0.05, 0.1) is 12.5 Å². The van der Waals surface area contributed by atoms with Crippen LogP contribution in [0.25, 0.3) is 0 Å². The number of hydrogen-bond acceptors (Lipinski definition) is 3. The van der Waals surface area contributed by atoms with Crippen molar-refractivity contribution in [2.75, 3.05) is 18.4 Å². The van der Waals surface area contributed by atoms with E-state index in [1.807, 2.05) is 0 Å². The van der Waals surface area contributed by atoms with E-state index < -0.39 is 10.0 Å². The molecule has 5 nitrogen and oxygen atoms in total. The molecule has 1 saturated heterocycles. The quantitative estimate of drug-likeness (QED) is 0.856. The fourth-order valence-electron chi connectivity index (χ4n) is 2.16. The van der Waals surface area contributed by atoms with E-state index in [4.69, 9.17) is 0 Å². The van der Waals surface area contributed by atoms with Crippen molar-refractivity contribution in [3.63, 3.8) is 0 Å². The van der Waals surface area contributed by atoms with Crippen LogP contribution in [0.5, 0.6) is 0 Å². The first-order valence-corrected chi connectivity index (χ1v) is 8.25. The molecule has 0 amide bonds. The van der Waals surface area contributed by atoms with E-state index in [-0.39, 0.29) is 5.03 Å². The summed E-state index contributed by atoms with van der Waals surface area (Å²) in [7, 11) is -3.37. The van der Waals surface area contributed by atoms with Gasteiger partial charge >= 0.3 is 0 Å². The summed E-state index contributed by atoms with van der Waals surface area (Å²) in [6, 6.07) is 0. The maximum absolute atomic E-state index is 12.2. The first-order valence-electron chi connectivity index (χ1n) is 5.69. The smallest absolute Gasteiger partial charge is 0.260 e. The largest absolute Gasteiger partial charge is 0.335 e. The van der Waals surface area contributed by atoms with E-state index in [0.717, 1.165) is 24.6 Å². The van der Waals surface area contributed by atoms with Gasteiger partial charge in [0.1, 0.15) is 0 Å². The molecule has 0 aromatic carbocycles.